The van der Waals surface area contributed by atoms with Gasteiger partial charge in [-0.25, -0.2) is 4.39 Å². The van der Waals surface area contributed by atoms with E-state index in [1.807, 2.05) is 0 Å². The normalized spacial score (nSPS) is 14.2. The average molecular weight is 355 g/mol. The van der Waals surface area contributed by atoms with Crippen molar-refractivity contribution in [2.45, 2.75) is 25.4 Å². The average Bonchev–Trinajstić information content (AvgIpc) is 3.27. The Morgan fingerprint density at radius 2 is 2.05 bits per heavy atom. The molecular formula is C15H13BrF2N2O. The second-order valence-corrected chi connectivity index (χ2v) is 5.90. The van der Waals surface area contributed by atoms with Crippen LogP contribution in [-0.2, 0) is 6.54 Å². The molecule has 1 fully saturated rings. The summed E-state index contributed by atoms with van der Waals surface area (Å²) in [5, 5.41) is 3.36. The third kappa shape index (κ3) is 3.77. The summed E-state index contributed by atoms with van der Waals surface area (Å²) in [6.07, 6.45) is 5.59. The number of ether oxygens (including phenoxy) is 1. The highest BCUT2D eigenvalue weighted by Crippen LogP contribution is 2.29. The molecule has 1 aliphatic carbocycles. The van der Waals surface area contributed by atoms with Gasteiger partial charge in [0.05, 0.1) is 6.20 Å². The molecular weight excluding hydrogens is 342 g/mol. The van der Waals surface area contributed by atoms with Crippen LogP contribution in [0.15, 0.2) is 35.1 Å². The van der Waals surface area contributed by atoms with Crippen molar-refractivity contribution in [2.75, 3.05) is 0 Å². The zero-order chi connectivity index (χ0) is 14.8. The predicted octanol–water partition coefficient (Wildman–Crippen LogP) is 4.17. The second-order valence-electron chi connectivity index (χ2n) is 4.99. The van der Waals surface area contributed by atoms with Gasteiger partial charge in [-0.1, -0.05) is 15.9 Å². The van der Waals surface area contributed by atoms with Crippen molar-refractivity contribution in [1.29, 1.82) is 0 Å². The highest BCUT2D eigenvalue weighted by molar-refractivity contribution is 9.10. The summed E-state index contributed by atoms with van der Waals surface area (Å²) in [5.74, 6) is -1.77. The summed E-state index contributed by atoms with van der Waals surface area (Å²) >= 11 is 3.11. The van der Waals surface area contributed by atoms with Crippen molar-refractivity contribution in [2.24, 2.45) is 0 Å². The number of rotatable bonds is 5. The number of nitrogens with zero attached hydrogens (tertiary/aromatic N) is 1. The maximum atomic E-state index is 13.7. The number of halogens is 3. The van der Waals surface area contributed by atoms with Gasteiger partial charge in [0.2, 0.25) is 5.82 Å². The lowest BCUT2D eigenvalue weighted by Gasteiger charge is -2.09. The smallest absolute Gasteiger partial charge is 0.201 e. The minimum absolute atomic E-state index is 0.170. The van der Waals surface area contributed by atoms with Crippen LogP contribution >= 0.6 is 15.9 Å². The van der Waals surface area contributed by atoms with Crippen LogP contribution in [0.3, 0.4) is 0 Å². The van der Waals surface area contributed by atoms with Crippen LogP contribution < -0.4 is 10.1 Å². The number of nitrogens with one attached hydrogen (secondary N) is 1. The molecule has 0 radical (unpaired) electrons. The zero-order valence-corrected chi connectivity index (χ0v) is 12.7. The monoisotopic (exact) mass is 354 g/mol. The van der Waals surface area contributed by atoms with Crippen LogP contribution in [0.2, 0.25) is 0 Å². The SMILES string of the molecule is Fc1cc(Br)cc(Oc2cncc(CNC3CC3)c2)c1F. The Balaban J connectivity index is 1.76. The van der Waals surface area contributed by atoms with Gasteiger partial charge in [0.25, 0.3) is 0 Å². The lowest BCUT2D eigenvalue weighted by Crippen LogP contribution is -2.15. The van der Waals surface area contributed by atoms with Crippen molar-refractivity contribution < 1.29 is 13.5 Å². The van der Waals surface area contributed by atoms with Gasteiger partial charge in [0.1, 0.15) is 5.75 Å². The molecule has 1 saturated carbocycles. The number of hydrogen-bond acceptors (Lipinski definition) is 3. The van der Waals surface area contributed by atoms with E-state index in [1.165, 1.54) is 25.1 Å². The molecule has 2 aromatic rings. The molecule has 0 spiro atoms. The fraction of sp³-hybridized carbons (Fsp3) is 0.267. The largest absolute Gasteiger partial charge is 0.452 e. The molecule has 21 heavy (non-hydrogen) atoms. The zero-order valence-electron chi connectivity index (χ0n) is 11.1. The Hall–Kier alpha value is -1.53. The third-order valence-corrected chi connectivity index (χ3v) is 3.59. The molecule has 1 heterocycles. The Labute approximate surface area is 129 Å². The molecule has 1 aliphatic rings. The lowest BCUT2D eigenvalue weighted by molar-refractivity contribution is 0.413. The summed E-state index contributed by atoms with van der Waals surface area (Å²) in [7, 11) is 0. The van der Waals surface area contributed by atoms with Gasteiger partial charge < -0.3 is 10.1 Å². The fourth-order valence-corrected chi connectivity index (χ4v) is 2.31. The molecule has 6 heteroatoms. The highest BCUT2D eigenvalue weighted by atomic mass is 79.9. The van der Waals surface area contributed by atoms with Crippen LogP contribution in [0.4, 0.5) is 8.78 Å². The molecule has 0 bridgehead atoms. The summed E-state index contributed by atoms with van der Waals surface area (Å²) in [6.45, 7) is 0.685. The first-order valence-corrected chi connectivity index (χ1v) is 7.41. The van der Waals surface area contributed by atoms with Crippen LogP contribution in [0.5, 0.6) is 11.5 Å². The molecule has 3 nitrogen and oxygen atoms in total. The molecule has 0 amide bonds. The van der Waals surface area contributed by atoms with Crippen LogP contribution in [0.25, 0.3) is 0 Å². The minimum atomic E-state index is -1.01. The van der Waals surface area contributed by atoms with Crippen molar-refractivity contribution in [3.05, 3.63) is 52.3 Å². The quantitative estimate of drug-likeness (QED) is 0.818. The molecule has 0 aliphatic heterocycles. The summed E-state index contributed by atoms with van der Waals surface area (Å²) in [6, 6.07) is 4.79. The number of aromatic nitrogens is 1. The molecule has 0 atom stereocenters. The molecule has 0 unspecified atom stereocenters. The van der Waals surface area contributed by atoms with E-state index in [2.05, 4.69) is 26.2 Å². The fourth-order valence-electron chi connectivity index (χ4n) is 1.90. The number of hydrogen-bond donors (Lipinski definition) is 1. The van der Waals surface area contributed by atoms with Gasteiger partial charge in [-0.3, -0.25) is 4.98 Å². The van der Waals surface area contributed by atoms with E-state index in [9.17, 15) is 8.78 Å². The summed E-state index contributed by atoms with van der Waals surface area (Å²) in [4.78, 5) is 4.06. The van der Waals surface area contributed by atoms with E-state index >= 15 is 0 Å². The van der Waals surface area contributed by atoms with E-state index in [4.69, 9.17) is 4.74 Å². The third-order valence-electron chi connectivity index (χ3n) is 3.13. The molecule has 1 aromatic heterocycles. The van der Waals surface area contributed by atoms with E-state index < -0.39 is 11.6 Å². The second kappa shape index (κ2) is 6.07. The maximum Gasteiger partial charge on any atom is 0.201 e. The number of pyridine rings is 1. The lowest BCUT2D eigenvalue weighted by atomic mass is 10.2. The van der Waals surface area contributed by atoms with Crippen molar-refractivity contribution in [1.82, 2.24) is 10.3 Å². The van der Waals surface area contributed by atoms with Gasteiger partial charge in [-0.05, 0) is 36.6 Å². The Kier molecular flexibility index (Phi) is 4.17. The Bertz CT molecular complexity index is 662. The molecule has 3 rings (SSSR count). The first-order chi connectivity index (χ1) is 10.1. The predicted molar refractivity (Wildman–Crippen MR) is 78.2 cm³/mol. The van der Waals surface area contributed by atoms with E-state index in [1.54, 1.807) is 12.3 Å². The molecule has 1 aromatic carbocycles. The van der Waals surface area contributed by atoms with Crippen molar-refractivity contribution >= 4 is 15.9 Å². The van der Waals surface area contributed by atoms with E-state index in [-0.39, 0.29) is 5.75 Å². The summed E-state index contributed by atoms with van der Waals surface area (Å²) < 4.78 is 32.8. The first-order valence-electron chi connectivity index (χ1n) is 6.61. The van der Waals surface area contributed by atoms with E-state index in [0.717, 1.165) is 11.6 Å². The summed E-state index contributed by atoms with van der Waals surface area (Å²) in [5.41, 5.74) is 0.940. The Morgan fingerprint density at radius 1 is 1.24 bits per heavy atom. The maximum absolute atomic E-state index is 13.7. The van der Waals surface area contributed by atoms with Crippen molar-refractivity contribution in [3.8, 4) is 11.5 Å². The van der Waals surface area contributed by atoms with Crippen molar-refractivity contribution in [3.63, 3.8) is 0 Å². The highest BCUT2D eigenvalue weighted by Gasteiger charge is 2.20. The molecule has 110 valence electrons. The topological polar surface area (TPSA) is 34.1 Å². The van der Waals surface area contributed by atoms with Gasteiger partial charge in [0.15, 0.2) is 11.6 Å². The Morgan fingerprint density at radius 3 is 2.81 bits per heavy atom. The van der Waals surface area contributed by atoms with Gasteiger partial charge in [-0.15, -0.1) is 0 Å². The van der Waals surface area contributed by atoms with Gasteiger partial charge >= 0.3 is 0 Å². The molecule has 0 saturated heterocycles. The van der Waals surface area contributed by atoms with E-state index in [0.29, 0.717) is 22.8 Å². The van der Waals surface area contributed by atoms with Gasteiger partial charge in [0, 0.05) is 23.3 Å². The van der Waals surface area contributed by atoms with Crippen LogP contribution in [0.1, 0.15) is 18.4 Å². The number of benzene rings is 1. The first kappa shape index (κ1) is 14.4. The standard InChI is InChI=1S/C15H13BrF2N2O/c16-10-4-13(17)15(18)14(5-10)21-12-3-9(6-19-8-12)7-20-11-1-2-11/h3-6,8,11,20H,1-2,7H2. The minimum Gasteiger partial charge on any atom is -0.452 e. The molecule has 1 N–H and O–H groups in total. The van der Waals surface area contributed by atoms with Crippen LogP contribution in [-0.4, -0.2) is 11.0 Å². The van der Waals surface area contributed by atoms with Gasteiger partial charge in [-0.2, -0.15) is 4.39 Å². The van der Waals surface area contributed by atoms with Crippen LogP contribution in [0, 0.1) is 11.6 Å².